The number of para-hydroxylation sites is 3. The largest absolute Gasteiger partial charge is 0.372 e. The maximum Gasteiger partial charge on any atom is 0.237 e. The number of carbonyl (C=O) groups excluding carboxylic acids is 2. The second-order valence-electron chi connectivity index (χ2n) is 6.79. The molecule has 0 unspecified atom stereocenters. The molecule has 0 aliphatic carbocycles. The van der Waals surface area contributed by atoms with Crippen molar-refractivity contribution >= 4 is 51.7 Å². The summed E-state index contributed by atoms with van der Waals surface area (Å²) in [6.07, 6.45) is 0.251. The van der Waals surface area contributed by atoms with E-state index in [9.17, 15) is 9.59 Å². The maximum absolute atomic E-state index is 13.1. The van der Waals surface area contributed by atoms with E-state index in [2.05, 4.69) is 20.6 Å². The number of thioether (sulfide) groups is 1. The molecule has 2 amide bonds. The highest BCUT2D eigenvalue weighted by Crippen LogP contribution is 2.32. The average Bonchev–Trinajstić information content (AvgIpc) is 2.85. The predicted octanol–water partition coefficient (Wildman–Crippen LogP) is 3.53. The van der Waals surface area contributed by atoms with E-state index in [4.69, 9.17) is 0 Å². The number of benzene rings is 2. The monoisotopic (exact) mass is 407 g/mol. The van der Waals surface area contributed by atoms with Gasteiger partial charge in [0.15, 0.2) is 5.16 Å². The first-order valence-electron chi connectivity index (χ1n) is 9.35. The van der Waals surface area contributed by atoms with Gasteiger partial charge >= 0.3 is 0 Å². The van der Waals surface area contributed by atoms with Gasteiger partial charge in [-0.05, 0) is 31.2 Å². The van der Waals surface area contributed by atoms with Gasteiger partial charge < -0.3 is 15.5 Å². The molecular formula is C21H21N5O2S. The van der Waals surface area contributed by atoms with Crippen molar-refractivity contribution in [1.29, 1.82) is 0 Å². The summed E-state index contributed by atoms with van der Waals surface area (Å²) in [4.78, 5) is 36.0. The number of amides is 2. The quantitative estimate of drug-likeness (QED) is 0.508. The van der Waals surface area contributed by atoms with Crippen LogP contribution in [0.3, 0.4) is 0 Å². The first-order chi connectivity index (χ1) is 14.1. The molecule has 29 heavy (non-hydrogen) atoms. The summed E-state index contributed by atoms with van der Waals surface area (Å²) >= 11 is 1.29. The van der Waals surface area contributed by atoms with Crippen molar-refractivity contribution in [2.24, 2.45) is 0 Å². The molecule has 0 saturated heterocycles. The Labute approximate surface area is 172 Å². The van der Waals surface area contributed by atoms with Gasteiger partial charge in [-0.1, -0.05) is 36.0 Å². The van der Waals surface area contributed by atoms with Gasteiger partial charge in [-0.3, -0.25) is 9.59 Å². The van der Waals surface area contributed by atoms with Crippen LogP contribution in [0, 0.1) is 0 Å². The van der Waals surface area contributed by atoms with Gasteiger partial charge in [0.05, 0.1) is 22.6 Å². The van der Waals surface area contributed by atoms with Crippen LogP contribution in [-0.4, -0.2) is 40.6 Å². The molecule has 2 aromatic carbocycles. The molecule has 4 rings (SSSR count). The summed E-state index contributed by atoms with van der Waals surface area (Å²) in [5.74, 6) is 0.724. The van der Waals surface area contributed by atoms with Gasteiger partial charge in [0.1, 0.15) is 5.82 Å². The summed E-state index contributed by atoms with van der Waals surface area (Å²) in [5, 5.41) is 7.43. The Morgan fingerprint density at radius 3 is 2.79 bits per heavy atom. The zero-order valence-electron chi connectivity index (χ0n) is 16.2. The Kier molecular flexibility index (Phi) is 5.35. The molecule has 7 nitrogen and oxygen atoms in total. The molecule has 0 fully saturated rings. The number of carbonyl (C=O) groups is 2. The molecule has 0 saturated carbocycles. The van der Waals surface area contributed by atoms with Gasteiger partial charge in [0, 0.05) is 24.9 Å². The molecule has 0 radical (unpaired) electrons. The summed E-state index contributed by atoms with van der Waals surface area (Å²) in [7, 11) is 1.81. The molecule has 1 aliphatic rings. The minimum absolute atomic E-state index is 0.0887. The fraction of sp³-hybridized carbons (Fsp3) is 0.238. The van der Waals surface area contributed by atoms with Gasteiger partial charge in [-0.15, -0.1) is 0 Å². The lowest BCUT2D eigenvalue weighted by Gasteiger charge is -2.27. The van der Waals surface area contributed by atoms with Gasteiger partial charge in [-0.25, -0.2) is 9.97 Å². The zero-order valence-corrected chi connectivity index (χ0v) is 17.0. The minimum atomic E-state index is -0.239. The van der Waals surface area contributed by atoms with E-state index in [-0.39, 0.29) is 30.0 Å². The molecule has 0 bridgehead atoms. The number of rotatable bonds is 4. The number of hydrogen-bond donors (Lipinski definition) is 2. The zero-order chi connectivity index (χ0) is 20.4. The van der Waals surface area contributed by atoms with Crippen molar-refractivity contribution in [1.82, 2.24) is 9.97 Å². The molecule has 148 valence electrons. The Bertz CT molecular complexity index is 1090. The summed E-state index contributed by atoms with van der Waals surface area (Å²) in [6, 6.07) is 14.9. The van der Waals surface area contributed by atoms with Crippen LogP contribution < -0.4 is 15.5 Å². The van der Waals surface area contributed by atoms with Crippen LogP contribution in [0.25, 0.3) is 10.9 Å². The average molecular weight is 407 g/mol. The van der Waals surface area contributed by atoms with Crippen molar-refractivity contribution in [3.63, 3.8) is 0 Å². The second kappa shape index (κ2) is 8.08. The van der Waals surface area contributed by atoms with Gasteiger partial charge in [0.2, 0.25) is 11.8 Å². The second-order valence-corrected chi connectivity index (χ2v) is 7.74. The summed E-state index contributed by atoms with van der Waals surface area (Å²) in [5.41, 5.74) is 2.19. The van der Waals surface area contributed by atoms with Crippen molar-refractivity contribution in [2.75, 3.05) is 28.3 Å². The van der Waals surface area contributed by atoms with Crippen LogP contribution in [0.2, 0.25) is 0 Å². The number of fused-ring (bicyclic) bond motifs is 2. The molecule has 1 atom stereocenters. The molecule has 2 N–H and O–H groups in total. The lowest BCUT2D eigenvalue weighted by Crippen LogP contribution is -2.40. The third-order valence-electron chi connectivity index (χ3n) is 4.77. The standard InChI is InChI=1S/C21H21N5O2S/c1-13-11-18(27)23-16-9-5-6-10-17(16)26(13)19(28)12-29-21-24-15-8-4-3-7-14(15)20(22-2)25-21/h3-10,13H,11-12H2,1-2H3,(H,23,27)(H,22,24,25)/t13-/m0/s1. The van der Waals surface area contributed by atoms with E-state index >= 15 is 0 Å². The van der Waals surface area contributed by atoms with Gasteiger partial charge in [0.25, 0.3) is 0 Å². The first-order valence-corrected chi connectivity index (χ1v) is 10.3. The SMILES string of the molecule is CNc1nc(SCC(=O)N2c3ccccc3NC(=O)C[C@@H]2C)nc2ccccc12. The maximum atomic E-state index is 13.1. The minimum Gasteiger partial charge on any atom is -0.372 e. The fourth-order valence-corrected chi connectivity index (χ4v) is 4.18. The van der Waals surface area contributed by atoms with Crippen LogP contribution in [0.4, 0.5) is 17.2 Å². The predicted molar refractivity (Wildman–Crippen MR) is 116 cm³/mol. The molecular weight excluding hydrogens is 386 g/mol. The molecule has 0 spiro atoms. The van der Waals surface area contributed by atoms with E-state index in [1.807, 2.05) is 62.5 Å². The van der Waals surface area contributed by atoms with E-state index in [0.29, 0.717) is 16.5 Å². The lowest BCUT2D eigenvalue weighted by atomic mass is 10.2. The normalized spacial score (nSPS) is 16.1. The Morgan fingerprint density at radius 1 is 1.21 bits per heavy atom. The van der Waals surface area contributed by atoms with Crippen LogP contribution in [0.15, 0.2) is 53.7 Å². The summed E-state index contributed by atoms with van der Waals surface area (Å²) in [6.45, 7) is 1.88. The third-order valence-corrected chi connectivity index (χ3v) is 5.60. The number of aromatic nitrogens is 2. The number of anilines is 3. The molecule has 3 aromatic rings. The molecule has 8 heteroatoms. The van der Waals surface area contributed by atoms with Crippen LogP contribution in [0.5, 0.6) is 0 Å². The topological polar surface area (TPSA) is 87.2 Å². The molecule has 1 aliphatic heterocycles. The van der Waals surface area contributed by atoms with Crippen molar-refractivity contribution in [2.45, 2.75) is 24.5 Å². The van der Waals surface area contributed by atoms with E-state index in [0.717, 1.165) is 16.7 Å². The number of nitrogens with one attached hydrogen (secondary N) is 2. The highest BCUT2D eigenvalue weighted by molar-refractivity contribution is 7.99. The van der Waals surface area contributed by atoms with E-state index in [1.165, 1.54) is 11.8 Å². The number of nitrogens with zero attached hydrogens (tertiary/aromatic N) is 3. The van der Waals surface area contributed by atoms with Crippen molar-refractivity contribution in [3.05, 3.63) is 48.5 Å². The Hall–Kier alpha value is -3.13. The Balaban J connectivity index is 1.58. The molecule has 2 heterocycles. The smallest absolute Gasteiger partial charge is 0.237 e. The highest BCUT2D eigenvalue weighted by Gasteiger charge is 2.29. The van der Waals surface area contributed by atoms with E-state index < -0.39 is 0 Å². The lowest BCUT2D eigenvalue weighted by molar-refractivity contribution is -0.117. The third kappa shape index (κ3) is 3.88. The van der Waals surface area contributed by atoms with E-state index in [1.54, 1.807) is 4.90 Å². The summed E-state index contributed by atoms with van der Waals surface area (Å²) < 4.78 is 0. The van der Waals surface area contributed by atoms with Crippen LogP contribution in [0.1, 0.15) is 13.3 Å². The number of hydrogen-bond acceptors (Lipinski definition) is 6. The molecule has 1 aromatic heterocycles. The first kappa shape index (κ1) is 19.2. The van der Waals surface area contributed by atoms with Crippen molar-refractivity contribution in [3.8, 4) is 0 Å². The van der Waals surface area contributed by atoms with Gasteiger partial charge in [-0.2, -0.15) is 0 Å². The Morgan fingerprint density at radius 2 is 1.97 bits per heavy atom. The fourth-order valence-electron chi connectivity index (χ4n) is 3.47. The highest BCUT2D eigenvalue weighted by atomic mass is 32.2. The van der Waals surface area contributed by atoms with Crippen LogP contribution >= 0.6 is 11.8 Å². The van der Waals surface area contributed by atoms with Crippen LogP contribution in [-0.2, 0) is 9.59 Å². The van der Waals surface area contributed by atoms with Crippen molar-refractivity contribution < 1.29 is 9.59 Å².